The van der Waals surface area contributed by atoms with Crippen LogP contribution in [0.4, 0.5) is 11.5 Å². The second-order valence-electron chi connectivity index (χ2n) is 4.83. The summed E-state index contributed by atoms with van der Waals surface area (Å²) >= 11 is 0. The highest BCUT2D eigenvalue weighted by Crippen LogP contribution is 2.29. The molecule has 0 saturated carbocycles. The van der Waals surface area contributed by atoms with Crippen molar-refractivity contribution in [3.8, 4) is 5.88 Å². The Bertz CT molecular complexity index is 415. The third-order valence-corrected chi connectivity index (χ3v) is 2.09. The van der Waals surface area contributed by atoms with Crippen LogP contribution >= 0.6 is 0 Å². The summed E-state index contributed by atoms with van der Waals surface area (Å²) in [7, 11) is 0. The second kappa shape index (κ2) is 4.94. The van der Waals surface area contributed by atoms with E-state index in [1.165, 1.54) is 0 Å². The molecule has 1 aromatic heterocycles. The molecule has 0 radical (unpaired) electrons. The normalized spacial score (nSPS) is 11.2. The predicted octanol–water partition coefficient (Wildman–Crippen LogP) is 1.78. The summed E-state index contributed by atoms with van der Waals surface area (Å²) in [5.41, 5.74) is 5.12. The highest BCUT2D eigenvalue weighted by Gasteiger charge is 2.22. The second-order valence-corrected chi connectivity index (χ2v) is 4.83. The van der Waals surface area contributed by atoms with Crippen LogP contribution in [-0.4, -0.2) is 21.5 Å². The number of nitro groups is 1. The first-order valence-electron chi connectivity index (χ1n) is 5.19. The van der Waals surface area contributed by atoms with Crippen molar-refractivity contribution in [2.75, 3.05) is 12.3 Å². The van der Waals surface area contributed by atoms with Crippen molar-refractivity contribution in [2.24, 2.45) is 5.41 Å². The SMILES string of the molecule is CC(C)(C)CCOc1ncnc(N)c1[N+](=O)[O-]. The molecule has 0 aliphatic carbocycles. The van der Waals surface area contributed by atoms with Gasteiger partial charge in [-0.25, -0.2) is 4.98 Å². The fourth-order valence-electron chi connectivity index (χ4n) is 1.11. The van der Waals surface area contributed by atoms with E-state index in [2.05, 4.69) is 30.7 Å². The van der Waals surface area contributed by atoms with Gasteiger partial charge in [0.2, 0.25) is 5.82 Å². The van der Waals surface area contributed by atoms with Crippen molar-refractivity contribution in [2.45, 2.75) is 27.2 Å². The molecule has 0 unspecified atom stereocenters. The van der Waals surface area contributed by atoms with Gasteiger partial charge in [-0.15, -0.1) is 0 Å². The van der Waals surface area contributed by atoms with Gasteiger partial charge in [-0.2, -0.15) is 4.98 Å². The monoisotopic (exact) mass is 240 g/mol. The highest BCUT2D eigenvalue weighted by molar-refractivity contribution is 5.57. The molecule has 2 N–H and O–H groups in total. The molecule has 1 aromatic rings. The summed E-state index contributed by atoms with van der Waals surface area (Å²) < 4.78 is 5.28. The lowest BCUT2D eigenvalue weighted by Gasteiger charge is -2.17. The molecule has 0 spiro atoms. The van der Waals surface area contributed by atoms with Crippen molar-refractivity contribution in [1.29, 1.82) is 0 Å². The van der Waals surface area contributed by atoms with Crippen LogP contribution < -0.4 is 10.5 Å². The van der Waals surface area contributed by atoms with E-state index in [4.69, 9.17) is 10.5 Å². The number of hydrogen-bond acceptors (Lipinski definition) is 6. The van der Waals surface area contributed by atoms with Gasteiger partial charge in [0, 0.05) is 0 Å². The van der Waals surface area contributed by atoms with Crippen molar-refractivity contribution in [3.05, 3.63) is 16.4 Å². The number of nitrogens with two attached hydrogens (primary N) is 1. The molecule has 0 bridgehead atoms. The summed E-state index contributed by atoms with van der Waals surface area (Å²) in [5.74, 6) is -0.262. The number of rotatable bonds is 4. The largest absolute Gasteiger partial charge is 0.473 e. The fraction of sp³-hybridized carbons (Fsp3) is 0.600. The first kappa shape index (κ1) is 13.1. The topological polar surface area (TPSA) is 104 Å². The Kier molecular flexibility index (Phi) is 3.82. The van der Waals surface area contributed by atoms with Crippen LogP contribution in [-0.2, 0) is 0 Å². The van der Waals surface area contributed by atoms with E-state index in [1.807, 2.05) is 0 Å². The van der Waals surface area contributed by atoms with Gasteiger partial charge in [0.15, 0.2) is 0 Å². The average Bonchev–Trinajstić information content (AvgIpc) is 2.14. The lowest BCUT2D eigenvalue weighted by Crippen LogP contribution is -2.13. The number of ether oxygens (including phenoxy) is 1. The van der Waals surface area contributed by atoms with Crippen LogP contribution in [0.15, 0.2) is 6.33 Å². The summed E-state index contributed by atoms with van der Waals surface area (Å²) in [5, 5.41) is 10.8. The van der Waals surface area contributed by atoms with Gasteiger partial charge in [-0.1, -0.05) is 20.8 Å². The van der Waals surface area contributed by atoms with Gasteiger partial charge in [0.1, 0.15) is 6.33 Å². The molecule has 0 saturated heterocycles. The smallest absolute Gasteiger partial charge is 0.372 e. The van der Waals surface area contributed by atoms with Crippen LogP contribution in [0.1, 0.15) is 27.2 Å². The van der Waals surface area contributed by atoms with Gasteiger partial charge in [-0.3, -0.25) is 10.1 Å². The minimum absolute atomic E-state index is 0.0771. The Morgan fingerprint density at radius 1 is 1.47 bits per heavy atom. The summed E-state index contributed by atoms with van der Waals surface area (Å²) in [4.78, 5) is 17.4. The van der Waals surface area contributed by atoms with Gasteiger partial charge in [-0.05, 0) is 11.8 Å². The van der Waals surface area contributed by atoms with Crippen molar-refractivity contribution in [1.82, 2.24) is 9.97 Å². The van der Waals surface area contributed by atoms with E-state index in [-0.39, 0.29) is 22.8 Å². The molecule has 0 atom stereocenters. The van der Waals surface area contributed by atoms with Crippen molar-refractivity contribution >= 4 is 11.5 Å². The Morgan fingerprint density at radius 2 is 2.12 bits per heavy atom. The fourth-order valence-corrected chi connectivity index (χ4v) is 1.11. The average molecular weight is 240 g/mol. The number of nitrogens with zero attached hydrogens (tertiary/aromatic N) is 3. The Hall–Kier alpha value is -1.92. The van der Waals surface area contributed by atoms with Crippen molar-refractivity contribution in [3.63, 3.8) is 0 Å². The molecule has 94 valence electrons. The molecule has 0 aliphatic rings. The van der Waals surface area contributed by atoms with E-state index in [0.717, 1.165) is 12.7 Å². The molecule has 7 nitrogen and oxygen atoms in total. The zero-order valence-electron chi connectivity index (χ0n) is 10.1. The number of hydrogen-bond donors (Lipinski definition) is 1. The van der Waals surface area contributed by atoms with E-state index in [1.54, 1.807) is 0 Å². The van der Waals surface area contributed by atoms with Crippen LogP contribution in [0.2, 0.25) is 0 Å². The highest BCUT2D eigenvalue weighted by atomic mass is 16.6. The van der Waals surface area contributed by atoms with Crippen LogP contribution in [0.25, 0.3) is 0 Å². The molecule has 0 aliphatic heterocycles. The maximum Gasteiger partial charge on any atom is 0.372 e. The van der Waals surface area contributed by atoms with Crippen molar-refractivity contribution < 1.29 is 9.66 Å². The van der Waals surface area contributed by atoms with E-state index >= 15 is 0 Å². The van der Waals surface area contributed by atoms with Gasteiger partial charge in [0.25, 0.3) is 5.88 Å². The van der Waals surface area contributed by atoms with Gasteiger partial charge in [0.05, 0.1) is 11.5 Å². The molecule has 1 heterocycles. The molecular formula is C10H16N4O3. The molecule has 1 rings (SSSR count). The predicted molar refractivity (Wildman–Crippen MR) is 62.7 cm³/mol. The maximum absolute atomic E-state index is 10.8. The standard InChI is InChI=1S/C10H16N4O3/c1-10(2,3)4-5-17-9-7(14(15)16)8(11)12-6-13-9/h6H,4-5H2,1-3H3,(H2,11,12,13). The first-order valence-corrected chi connectivity index (χ1v) is 5.19. The zero-order chi connectivity index (χ0) is 13.1. The third-order valence-electron chi connectivity index (χ3n) is 2.09. The lowest BCUT2D eigenvalue weighted by atomic mass is 9.93. The van der Waals surface area contributed by atoms with Crippen LogP contribution in [0.3, 0.4) is 0 Å². The number of anilines is 1. The van der Waals surface area contributed by atoms with Gasteiger partial charge < -0.3 is 10.5 Å². The van der Waals surface area contributed by atoms with Crippen LogP contribution in [0, 0.1) is 15.5 Å². The Morgan fingerprint density at radius 3 is 2.65 bits per heavy atom. The Labute approximate surface area is 99.2 Å². The third kappa shape index (κ3) is 3.86. The number of nitrogen functional groups attached to an aromatic ring is 1. The maximum atomic E-state index is 10.8. The zero-order valence-corrected chi connectivity index (χ0v) is 10.1. The summed E-state index contributed by atoms with van der Waals surface area (Å²) in [6, 6.07) is 0. The molecule has 0 aromatic carbocycles. The van der Waals surface area contributed by atoms with Gasteiger partial charge >= 0.3 is 5.69 Å². The number of aromatic nitrogens is 2. The Balaban J connectivity index is 2.78. The lowest BCUT2D eigenvalue weighted by molar-refractivity contribution is -0.385. The van der Waals surface area contributed by atoms with E-state index < -0.39 is 4.92 Å². The molecule has 0 amide bonds. The quantitative estimate of drug-likeness (QED) is 0.635. The van der Waals surface area contributed by atoms with E-state index in [9.17, 15) is 10.1 Å². The minimum atomic E-state index is -0.637. The molecule has 17 heavy (non-hydrogen) atoms. The summed E-state index contributed by atoms with van der Waals surface area (Å²) in [6.45, 7) is 6.51. The molecule has 0 fully saturated rings. The molecule has 7 heteroatoms. The summed E-state index contributed by atoms with van der Waals surface area (Å²) in [6.07, 6.45) is 1.91. The first-order chi connectivity index (χ1) is 7.81. The van der Waals surface area contributed by atoms with Crippen LogP contribution in [0.5, 0.6) is 5.88 Å². The molecular weight excluding hydrogens is 224 g/mol. The van der Waals surface area contributed by atoms with E-state index in [0.29, 0.717) is 6.61 Å². The minimum Gasteiger partial charge on any atom is -0.473 e.